The fourth-order valence-electron chi connectivity index (χ4n) is 17.9. The van der Waals surface area contributed by atoms with E-state index in [9.17, 15) is 0 Å². The van der Waals surface area contributed by atoms with Gasteiger partial charge < -0.3 is 0 Å². The second kappa shape index (κ2) is 25.0. The molecule has 0 heterocycles. The molecule has 0 aliphatic rings. The lowest BCUT2D eigenvalue weighted by atomic mass is 9.81. The maximum atomic E-state index is 2.52. The van der Waals surface area contributed by atoms with Crippen LogP contribution in [0.15, 0.2) is 400 Å². The van der Waals surface area contributed by atoms with Crippen molar-refractivity contribution < 1.29 is 0 Å². The predicted molar refractivity (Wildman–Crippen MR) is 456 cm³/mol. The molecule has 0 bridgehead atoms. The highest BCUT2D eigenvalue weighted by atomic mass is 14.3. The molecule has 0 heteroatoms. The molecule has 106 heavy (non-hydrogen) atoms. The van der Waals surface area contributed by atoms with Crippen LogP contribution in [0, 0.1) is 0 Å². The highest BCUT2D eigenvalue weighted by Crippen LogP contribution is 2.52. The van der Waals surface area contributed by atoms with Crippen LogP contribution < -0.4 is 0 Å². The van der Waals surface area contributed by atoms with Gasteiger partial charge in [0.1, 0.15) is 0 Å². The summed E-state index contributed by atoms with van der Waals surface area (Å²) in [5.41, 5.74) is 23.7. The van der Waals surface area contributed by atoms with Crippen LogP contribution in [0.2, 0.25) is 0 Å². The van der Waals surface area contributed by atoms with Crippen LogP contribution in [0.25, 0.3) is 219 Å². The van der Waals surface area contributed by atoms with Gasteiger partial charge in [-0.1, -0.05) is 364 Å². The van der Waals surface area contributed by atoms with Crippen molar-refractivity contribution in [3.63, 3.8) is 0 Å². The molecule has 0 N–H and O–H groups in total. The van der Waals surface area contributed by atoms with Crippen molar-refractivity contribution in [3.05, 3.63) is 400 Å². The third kappa shape index (κ3) is 9.98. The highest BCUT2D eigenvalue weighted by molar-refractivity contribution is 6.24. The van der Waals surface area contributed by atoms with Gasteiger partial charge in [0.05, 0.1) is 0 Å². The molecule has 0 aliphatic carbocycles. The zero-order valence-corrected chi connectivity index (χ0v) is 58.1. The second-order valence-electron chi connectivity index (χ2n) is 28.4. The Labute approximate surface area is 615 Å². The van der Waals surface area contributed by atoms with E-state index in [1.54, 1.807) is 0 Å². The van der Waals surface area contributed by atoms with Crippen molar-refractivity contribution in [2.45, 2.75) is 0 Å². The standard InChI is InChI=1S/C106H66/c1-7-37-79-67(25-1)31-17-47-85(79)73-61-74(86-48-18-32-68-26-2-8-38-80(68)86)64-77(63-73)103-97-43-13-15-45-99(97)104(100-46-16-14-44-98(100)103)78-65-75(87-57-59-101(91-51-21-35-71-29-5-11-41-83(71)91)105-93(87)53-23-55-95(105)89-49-19-33-69-27-3-9-39-81(69)89)62-76(66-78)88-58-60-102(92-52-22-36-72-30-6-12-42-84(72)92)106-94(88)54-24-56-96(106)90-50-20-34-70-28-4-10-40-82(70)90/h1-66H. The summed E-state index contributed by atoms with van der Waals surface area (Å²) in [5, 5.41) is 24.2. The number of hydrogen-bond donors (Lipinski definition) is 0. The molecule has 0 radical (unpaired) electrons. The second-order valence-corrected chi connectivity index (χ2v) is 28.4. The molecule has 0 atom stereocenters. The number of rotatable bonds is 10. The zero-order chi connectivity index (χ0) is 69.8. The van der Waals surface area contributed by atoms with Crippen LogP contribution in [0.3, 0.4) is 0 Å². The van der Waals surface area contributed by atoms with Gasteiger partial charge in [-0.25, -0.2) is 0 Å². The van der Waals surface area contributed by atoms with Gasteiger partial charge in [-0.15, -0.1) is 0 Å². The molecular formula is C106H66. The summed E-state index contributed by atoms with van der Waals surface area (Å²) < 4.78 is 0. The van der Waals surface area contributed by atoms with Gasteiger partial charge in [-0.3, -0.25) is 0 Å². The van der Waals surface area contributed by atoms with Gasteiger partial charge in [0.2, 0.25) is 0 Å². The summed E-state index contributed by atoms with van der Waals surface area (Å²) in [5.74, 6) is 0. The van der Waals surface area contributed by atoms with Gasteiger partial charge >= 0.3 is 0 Å². The minimum atomic E-state index is 1.13. The Morgan fingerprint density at radius 2 is 0.274 bits per heavy atom. The number of fused-ring (bicyclic) bond motifs is 10. The normalized spacial score (nSPS) is 11.8. The lowest BCUT2D eigenvalue weighted by Gasteiger charge is -2.22. The van der Waals surface area contributed by atoms with Crippen molar-refractivity contribution in [2.75, 3.05) is 0 Å². The van der Waals surface area contributed by atoms with E-state index in [2.05, 4.69) is 400 Å². The maximum Gasteiger partial charge on any atom is -0.00201 e. The summed E-state index contributed by atoms with van der Waals surface area (Å²) in [6.07, 6.45) is 0. The van der Waals surface area contributed by atoms with Crippen LogP contribution in [0.4, 0.5) is 0 Å². The summed E-state index contributed by atoms with van der Waals surface area (Å²) in [7, 11) is 0. The fourth-order valence-corrected chi connectivity index (χ4v) is 17.9. The third-order valence-corrected chi connectivity index (χ3v) is 22.6. The predicted octanol–water partition coefficient (Wildman–Crippen LogP) is 29.9. The summed E-state index contributed by atoms with van der Waals surface area (Å²) in [6.45, 7) is 0. The van der Waals surface area contributed by atoms with E-state index in [-0.39, 0.29) is 0 Å². The zero-order valence-electron chi connectivity index (χ0n) is 58.1. The van der Waals surface area contributed by atoms with E-state index in [0.29, 0.717) is 0 Å². The molecule has 0 fully saturated rings. The smallest absolute Gasteiger partial charge is 0.00201 e. The van der Waals surface area contributed by atoms with Crippen LogP contribution >= 0.6 is 0 Å². The first-order chi connectivity index (χ1) is 52.6. The van der Waals surface area contributed by atoms with Crippen LogP contribution in [-0.2, 0) is 0 Å². The molecule has 0 nitrogen and oxygen atoms in total. The molecule has 0 saturated heterocycles. The summed E-state index contributed by atoms with van der Waals surface area (Å²) in [4.78, 5) is 0. The van der Waals surface area contributed by atoms with Crippen LogP contribution in [0.1, 0.15) is 0 Å². The van der Waals surface area contributed by atoms with Crippen LogP contribution in [0.5, 0.6) is 0 Å². The van der Waals surface area contributed by atoms with E-state index >= 15 is 0 Å². The molecule has 0 spiro atoms. The topological polar surface area (TPSA) is 0 Å². The van der Waals surface area contributed by atoms with Gasteiger partial charge in [0.25, 0.3) is 0 Å². The summed E-state index contributed by atoms with van der Waals surface area (Å²) >= 11 is 0. The summed E-state index contributed by atoms with van der Waals surface area (Å²) in [6, 6.07) is 151. The Hall–Kier alpha value is -13.8. The maximum absolute atomic E-state index is 2.52. The molecule has 21 aromatic carbocycles. The van der Waals surface area contributed by atoms with Crippen molar-refractivity contribution in [2.24, 2.45) is 0 Å². The Bertz CT molecular complexity index is 6590. The van der Waals surface area contributed by atoms with E-state index in [4.69, 9.17) is 0 Å². The number of hydrogen-bond acceptors (Lipinski definition) is 0. The van der Waals surface area contributed by atoms with E-state index in [1.165, 1.54) is 191 Å². The average molecular weight is 1340 g/mol. The Kier molecular flexibility index (Phi) is 14.4. The molecule has 0 unspecified atom stereocenters. The molecule has 0 aliphatic heterocycles. The molecule has 0 aromatic heterocycles. The monoisotopic (exact) mass is 1340 g/mol. The minimum Gasteiger partial charge on any atom is -0.0616 e. The van der Waals surface area contributed by atoms with Crippen LogP contribution in [-0.4, -0.2) is 0 Å². The SMILES string of the molecule is c1ccc2c(-c3cc(-c4cccc5ccccc45)cc(-c4c5ccccc5c(-c5cc(-c6ccc(-c7cccc8ccccc78)c7c(-c8cccc9ccccc89)cccc67)cc(-c6ccc(-c7cccc8ccccc78)c7c(-c8cccc9ccccc89)cccc67)c5)c5ccccc45)c3)cccc2c1. The molecule has 490 valence electrons. The molecule has 0 amide bonds. The van der Waals surface area contributed by atoms with Gasteiger partial charge in [-0.05, 0) is 255 Å². The van der Waals surface area contributed by atoms with Crippen molar-refractivity contribution in [1.29, 1.82) is 0 Å². The van der Waals surface area contributed by atoms with Crippen molar-refractivity contribution in [3.8, 4) is 111 Å². The van der Waals surface area contributed by atoms with Gasteiger partial charge in [0.15, 0.2) is 0 Å². The molecular weight excluding hydrogens is 1270 g/mol. The minimum absolute atomic E-state index is 1.13. The number of benzene rings is 21. The largest absolute Gasteiger partial charge is 0.0616 e. The first-order valence-corrected chi connectivity index (χ1v) is 36.9. The van der Waals surface area contributed by atoms with Crippen molar-refractivity contribution in [1.82, 2.24) is 0 Å². The first-order valence-electron chi connectivity index (χ1n) is 36.9. The average Bonchev–Trinajstić information content (AvgIpc) is 0.724. The highest BCUT2D eigenvalue weighted by Gasteiger charge is 2.25. The lowest BCUT2D eigenvalue weighted by molar-refractivity contribution is 1.60. The Morgan fingerprint density at radius 3 is 0.557 bits per heavy atom. The van der Waals surface area contributed by atoms with E-state index < -0.39 is 0 Å². The van der Waals surface area contributed by atoms with Crippen molar-refractivity contribution >= 4 is 108 Å². The van der Waals surface area contributed by atoms with E-state index in [0.717, 1.165) is 27.8 Å². The fraction of sp³-hybridized carbons (Fsp3) is 0. The molecule has 0 saturated carbocycles. The lowest BCUT2D eigenvalue weighted by Crippen LogP contribution is -1.95. The Balaban J connectivity index is 0.872. The molecule has 21 rings (SSSR count). The Morgan fingerprint density at radius 1 is 0.104 bits per heavy atom. The third-order valence-electron chi connectivity index (χ3n) is 22.6. The quantitative estimate of drug-likeness (QED) is 0.120. The van der Waals surface area contributed by atoms with Gasteiger partial charge in [-0.2, -0.15) is 0 Å². The molecule has 21 aromatic rings. The van der Waals surface area contributed by atoms with Gasteiger partial charge in [0, 0.05) is 0 Å². The first kappa shape index (κ1) is 60.9. The van der Waals surface area contributed by atoms with E-state index in [1.807, 2.05) is 0 Å².